The summed E-state index contributed by atoms with van der Waals surface area (Å²) >= 11 is 2.02. The van der Waals surface area contributed by atoms with Gasteiger partial charge in [0.15, 0.2) is 0 Å². The van der Waals surface area contributed by atoms with Crippen LogP contribution in [0.25, 0.3) is 0 Å². The van der Waals surface area contributed by atoms with Crippen LogP contribution in [0.3, 0.4) is 0 Å². The lowest BCUT2D eigenvalue weighted by atomic mass is 10.2. The van der Waals surface area contributed by atoms with E-state index in [0.29, 0.717) is 5.25 Å². The van der Waals surface area contributed by atoms with Gasteiger partial charge in [0.05, 0.1) is 5.25 Å². The van der Waals surface area contributed by atoms with E-state index in [9.17, 15) is 4.21 Å². The summed E-state index contributed by atoms with van der Waals surface area (Å²) in [5.74, 6) is 0.994. The van der Waals surface area contributed by atoms with Crippen molar-refractivity contribution in [3.8, 4) is 0 Å². The molecule has 0 aromatic carbocycles. The van der Waals surface area contributed by atoms with E-state index >= 15 is 0 Å². The fourth-order valence-electron chi connectivity index (χ4n) is 1.18. The summed E-state index contributed by atoms with van der Waals surface area (Å²) in [7, 11) is -0.410. The molecular formula is C6H10OS2. The van der Waals surface area contributed by atoms with Crippen LogP contribution in [-0.4, -0.2) is 25.7 Å². The van der Waals surface area contributed by atoms with Crippen molar-refractivity contribution in [3.05, 3.63) is 0 Å². The molecule has 4 unspecified atom stereocenters. The number of rotatable bonds is 2. The zero-order valence-electron chi connectivity index (χ0n) is 5.37. The summed E-state index contributed by atoms with van der Waals surface area (Å²) in [6.45, 7) is 2.21. The Bertz CT molecular complexity index is 157. The van der Waals surface area contributed by atoms with E-state index in [0.717, 1.165) is 16.3 Å². The Labute approximate surface area is 62.0 Å². The van der Waals surface area contributed by atoms with Crippen LogP contribution in [0, 0.1) is 0 Å². The van der Waals surface area contributed by atoms with Gasteiger partial charge < -0.3 is 0 Å². The molecule has 0 aromatic heterocycles. The molecule has 0 bridgehead atoms. The van der Waals surface area contributed by atoms with Gasteiger partial charge in [0.2, 0.25) is 0 Å². The van der Waals surface area contributed by atoms with E-state index < -0.39 is 10.8 Å². The molecule has 0 radical (unpaired) electrons. The van der Waals surface area contributed by atoms with Gasteiger partial charge in [-0.25, -0.2) is 0 Å². The van der Waals surface area contributed by atoms with Gasteiger partial charge in [0.1, 0.15) is 0 Å². The standard InChI is InChI=1S/C6H10OS2/c1-2-4-6(8-4)5-3-9(5)7/h4-6H,2-3H2,1H3. The van der Waals surface area contributed by atoms with Gasteiger partial charge >= 0.3 is 0 Å². The van der Waals surface area contributed by atoms with Crippen molar-refractivity contribution < 1.29 is 4.21 Å². The maximum atomic E-state index is 10.7. The Morgan fingerprint density at radius 3 is 2.78 bits per heavy atom. The van der Waals surface area contributed by atoms with Crippen LogP contribution in [0.1, 0.15) is 13.3 Å². The lowest BCUT2D eigenvalue weighted by Crippen LogP contribution is -2.00. The molecule has 2 heterocycles. The minimum absolute atomic E-state index is 0.410. The molecule has 9 heavy (non-hydrogen) atoms. The largest absolute Gasteiger partial charge is 0.259 e. The second-order valence-corrected chi connectivity index (χ2v) is 5.76. The van der Waals surface area contributed by atoms with Crippen LogP contribution < -0.4 is 0 Å². The predicted octanol–water partition coefficient (Wildman–Crippen LogP) is 1.01. The molecule has 0 N–H and O–H groups in total. The highest BCUT2D eigenvalue weighted by Gasteiger charge is 2.52. The smallest absolute Gasteiger partial charge is 0.0593 e. The molecule has 0 spiro atoms. The minimum atomic E-state index is -0.410. The van der Waals surface area contributed by atoms with Gasteiger partial charge in [-0.05, 0) is 6.42 Å². The molecule has 0 aliphatic carbocycles. The normalized spacial score (nSPS) is 55.2. The Morgan fingerprint density at radius 2 is 2.44 bits per heavy atom. The van der Waals surface area contributed by atoms with E-state index in [1.165, 1.54) is 6.42 Å². The molecule has 2 rings (SSSR count). The molecule has 0 aromatic rings. The lowest BCUT2D eigenvalue weighted by Gasteiger charge is -1.83. The second kappa shape index (κ2) is 1.99. The highest BCUT2D eigenvalue weighted by Crippen LogP contribution is 2.50. The van der Waals surface area contributed by atoms with Crippen LogP contribution >= 0.6 is 11.8 Å². The van der Waals surface area contributed by atoms with Crippen LogP contribution in [0.5, 0.6) is 0 Å². The quantitative estimate of drug-likeness (QED) is 0.564. The van der Waals surface area contributed by atoms with Crippen LogP contribution in [0.15, 0.2) is 0 Å². The lowest BCUT2D eigenvalue weighted by molar-refractivity contribution is 0.692. The van der Waals surface area contributed by atoms with Crippen molar-refractivity contribution in [1.29, 1.82) is 0 Å². The molecule has 0 amide bonds. The van der Waals surface area contributed by atoms with Crippen LogP contribution in [0.2, 0.25) is 0 Å². The first-order valence-corrected chi connectivity index (χ1v) is 5.68. The summed E-state index contributed by atoms with van der Waals surface area (Å²) in [5, 5.41) is 2.25. The molecule has 3 heteroatoms. The SMILES string of the molecule is CCC1SC1C1CS1=O. The van der Waals surface area contributed by atoms with Crippen molar-refractivity contribution in [2.24, 2.45) is 0 Å². The highest BCUT2D eigenvalue weighted by atomic mass is 32.2. The maximum absolute atomic E-state index is 10.7. The van der Waals surface area contributed by atoms with Crippen molar-refractivity contribution in [2.75, 3.05) is 5.75 Å². The highest BCUT2D eigenvalue weighted by molar-refractivity contribution is 8.09. The van der Waals surface area contributed by atoms with Crippen molar-refractivity contribution in [3.63, 3.8) is 0 Å². The Hall–Kier alpha value is 0.500. The topological polar surface area (TPSA) is 17.1 Å². The first kappa shape index (κ1) is 6.23. The van der Waals surface area contributed by atoms with Crippen molar-refractivity contribution in [1.82, 2.24) is 0 Å². The molecule has 4 atom stereocenters. The zero-order valence-corrected chi connectivity index (χ0v) is 7.00. The summed E-state index contributed by atoms with van der Waals surface area (Å²) < 4.78 is 10.7. The molecule has 2 aliphatic heterocycles. The minimum Gasteiger partial charge on any atom is -0.259 e. The third kappa shape index (κ3) is 1.05. The van der Waals surface area contributed by atoms with E-state index in [-0.39, 0.29) is 0 Å². The van der Waals surface area contributed by atoms with Gasteiger partial charge in [0.25, 0.3) is 0 Å². The van der Waals surface area contributed by atoms with Crippen molar-refractivity contribution in [2.45, 2.75) is 29.1 Å². The summed E-state index contributed by atoms with van der Waals surface area (Å²) in [6, 6.07) is 0. The molecule has 0 saturated carbocycles. The summed E-state index contributed by atoms with van der Waals surface area (Å²) in [6.07, 6.45) is 1.27. The fourth-order valence-corrected chi connectivity index (χ4v) is 4.23. The van der Waals surface area contributed by atoms with E-state index in [1.807, 2.05) is 11.8 Å². The first-order chi connectivity index (χ1) is 4.33. The predicted molar refractivity (Wildman–Crippen MR) is 42.3 cm³/mol. The number of hydrogen-bond acceptors (Lipinski definition) is 2. The Morgan fingerprint density at radius 1 is 1.78 bits per heavy atom. The third-order valence-electron chi connectivity index (χ3n) is 1.94. The first-order valence-electron chi connectivity index (χ1n) is 3.35. The van der Waals surface area contributed by atoms with Gasteiger partial charge in [-0.1, -0.05) is 6.92 Å². The summed E-state index contributed by atoms with van der Waals surface area (Å²) in [5.41, 5.74) is 0. The fraction of sp³-hybridized carbons (Fsp3) is 1.00. The number of hydrogen-bond donors (Lipinski definition) is 0. The zero-order chi connectivity index (χ0) is 6.43. The summed E-state index contributed by atoms with van der Waals surface area (Å²) in [4.78, 5) is 0. The van der Waals surface area contributed by atoms with Gasteiger partial charge in [-0.3, -0.25) is 4.21 Å². The monoisotopic (exact) mass is 162 g/mol. The van der Waals surface area contributed by atoms with Crippen LogP contribution in [-0.2, 0) is 10.8 Å². The third-order valence-corrected chi connectivity index (χ3v) is 5.14. The average molecular weight is 162 g/mol. The van der Waals surface area contributed by atoms with E-state index in [2.05, 4.69) is 6.92 Å². The van der Waals surface area contributed by atoms with Crippen molar-refractivity contribution >= 4 is 22.6 Å². The van der Waals surface area contributed by atoms with Gasteiger partial charge in [-0.15, -0.1) is 0 Å². The Kier molecular flexibility index (Phi) is 1.38. The molecule has 2 aliphatic rings. The van der Waals surface area contributed by atoms with Crippen LogP contribution in [0.4, 0.5) is 0 Å². The van der Waals surface area contributed by atoms with E-state index in [4.69, 9.17) is 0 Å². The molecule has 2 saturated heterocycles. The molecular weight excluding hydrogens is 152 g/mol. The Balaban J connectivity index is 1.85. The number of thioether (sulfide) groups is 1. The average Bonchev–Trinajstić information content (AvgIpc) is 2.61. The maximum Gasteiger partial charge on any atom is 0.0593 e. The molecule has 52 valence electrons. The van der Waals surface area contributed by atoms with Gasteiger partial charge in [-0.2, -0.15) is 11.8 Å². The van der Waals surface area contributed by atoms with E-state index in [1.54, 1.807) is 0 Å². The second-order valence-electron chi connectivity index (χ2n) is 2.63. The van der Waals surface area contributed by atoms with Gasteiger partial charge in [0, 0.05) is 27.1 Å². The molecule has 1 nitrogen and oxygen atoms in total. The molecule has 2 fully saturated rings.